The summed E-state index contributed by atoms with van der Waals surface area (Å²) in [7, 11) is 0. The number of aromatic nitrogens is 2. The SMILES string of the molecule is C=CC(=O)N1CCCC(n2nc(-c3ccc(Oc4ccccc4)cc3)c(C(N)=O)c2NCCN2CCNCC2)C1. The molecule has 1 aromatic heterocycles. The Bertz CT molecular complexity index is 1320. The zero-order valence-electron chi connectivity index (χ0n) is 22.7. The van der Waals surface area contributed by atoms with E-state index in [0.29, 0.717) is 42.5 Å². The lowest BCUT2D eigenvalue weighted by molar-refractivity contribution is -0.127. The van der Waals surface area contributed by atoms with Crippen molar-refractivity contribution in [2.24, 2.45) is 5.73 Å². The summed E-state index contributed by atoms with van der Waals surface area (Å²) in [4.78, 5) is 29.5. The fourth-order valence-electron chi connectivity index (χ4n) is 5.36. The molecule has 1 unspecified atom stereocenters. The molecule has 2 aromatic carbocycles. The first-order valence-corrected chi connectivity index (χ1v) is 13.9. The van der Waals surface area contributed by atoms with E-state index in [1.54, 1.807) is 4.90 Å². The number of para-hydroxylation sites is 1. The highest BCUT2D eigenvalue weighted by Gasteiger charge is 2.31. The Morgan fingerprint density at radius 2 is 1.80 bits per heavy atom. The molecule has 2 aliphatic heterocycles. The number of likely N-dealkylation sites (tertiary alicyclic amines) is 1. The summed E-state index contributed by atoms with van der Waals surface area (Å²) in [5, 5.41) is 11.8. The molecule has 210 valence electrons. The van der Waals surface area contributed by atoms with E-state index in [-0.39, 0.29) is 11.9 Å². The van der Waals surface area contributed by atoms with E-state index >= 15 is 0 Å². The summed E-state index contributed by atoms with van der Waals surface area (Å²) in [5.74, 6) is 1.36. The largest absolute Gasteiger partial charge is 0.457 e. The van der Waals surface area contributed by atoms with Crippen molar-refractivity contribution in [3.8, 4) is 22.8 Å². The van der Waals surface area contributed by atoms with Crippen LogP contribution in [-0.4, -0.2) is 83.8 Å². The van der Waals surface area contributed by atoms with E-state index in [1.807, 2.05) is 59.3 Å². The topological polar surface area (TPSA) is 118 Å². The van der Waals surface area contributed by atoms with Crippen molar-refractivity contribution < 1.29 is 14.3 Å². The minimum absolute atomic E-state index is 0.102. The number of nitrogens with one attached hydrogen (secondary N) is 2. The Labute approximate surface area is 234 Å². The summed E-state index contributed by atoms with van der Waals surface area (Å²) in [6.07, 6.45) is 3.01. The lowest BCUT2D eigenvalue weighted by Crippen LogP contribution is -2.45. The smallest absolute Gasteiger partial charge is 0.254 e. The number of carbonyl (C=O) groups excluding carboxylic acids is 2. The quantitative estimate of drug-likeness (QED) is 0.336. The molecule has 2 aliphatic rings. The van der Waals surface area contributed by atoms with Gasteiger partial charge in [-0.2, -0.15) is 5.10 Å². The average molecular weight is 544 g/mol. The Kier molecular flexibility index (Phi) is 8.78. The van der Waals surface area contributed by atoms with E-state index in [9.17, 15) is 9.59 Å². The number of benzene rings is 2. The number of piperidine rings is 1. The van der Waals surface area contributed by atoms with Crippen molar-refractivity contribution in [3.63, 3.8) is 0 Å². The zero-order valence-corrected chi connectivity index (χ0v) is 22.7. The highest BCUT2D eigenvalue weighted by molar-refractivity contribution is 6.03. The number of amides is 2. The molecule has 2 amide bonds. The van der Waals surface area contributed by atoms with Crippen LogP contribution in [0.2, 0.25) is 0 Å². The molecule has 2 fully saturated rings. The van der Waals surface area contributed by atoms with Crippen LogP contribution in [0.3, 0.4) is 0 Å². The lowest BCUT2D eigenvalue weighted by Gasteiger charge is -2.33. The number of primary amides is 1. The van der Waals surface area contributed by atoms with E-state index in [0.717, 1.165) is 56.9 Å². The van der Waals surface area contributed by atoms with Gasteiger partial charge in [-0.1, -0.05) is 24.8 Å². The standard InChI is InChI=1S/C30H37N7O3/c1-2-26(38)36-17-6-7-23(21-36)37-30(33-16-20-35-18-14-32-15-19-35)27(29(31)39)28(34-37)22-10-12-25(13-11-22)40-24-8-4-3-5-9-24/h2-5,8-13,23,32-33H,1,6-7,14-21H2,(H2,31,39). The highest BCUT2D eigenvalue weighted by Crippen LogP contribution is 2.35. The molecule has 10 heteroatoms. The number of piperazine rings is 1. The van der Waals surface area contributed by atoms with Gasteiger partial charge in [0.2, 0.25) is 5.91 Å². The average Bonchev–Trinajstić information content (AvgIpc) is 3.38. The number of anilines is 1. The van der Waals surface area contributed by atoms with Crippen LogP contribution in [0.5, 0.6) is 11.5 Å². The maximum Gasteiger partial charge on any atom is 0.254 e. The third-order valence-corrected chi connectivity index (χ3v) is 7.42. The maximum absolute atomic E-state index is 12.9. The van der Waals surface area contributed by atoms with E-state index < -0.39 is 5.91 Å². The normalized spacial score (nSPS) is 17.8. The van der Waals surface area contributed by atoms with Crippen molar-refractivity contribution >= 4 is 17.6 Å². The number of hydrogen-bond acceptors (Lipinski definition) is 7. The fourth-order valence-corrected chi connectivity index (χ4v) is 5.36. The third kappa shape index (κ3) is 6.35. The first-order valence-electron chi connectivity index (χ1n) is 13.9. The first-order chi connectivity index (χ1) is 19.5. The van der Waals surface area contributed by atoms with E-state index in [1.165, 1.54) is 6.08 Å². The van der Waals surface area contributed by atoms with Gasteiger partial charge in [0.1, 0.15) is 28.6 Å². The highest BCUT2D eigenvalue weighted by atomic mass is 16.5. The van der Waals surface area contributed by atoms with Gasteiger partial charge in [-0.3, -0.25) is 14.5 Å². The number of hydrogen-bond donors (Lipinski definition) is 3. The molecule has 0 bridgehead atoms. The molecule has 2 saturated heterocycles. The molecule has 0 radical (unpaired) electrons. The molecular weight excluding hydrogens is 506 g/mol. The van der Waals surface area contributed by atoms with E-state index in [2.05, 4.69) is 22.1 Å². The second-order valence-electron chi connectivity index (χ2n) is 10.1. The van der Waals surface area contributed by atoms with Gasteiger partial charge in [0.25, 0.3) is 5.91 Å². The van der Waals surface area contributed by atoms with Crippen LogP contribution in [0.1, 0.15) is 29.2 Å². The molecule has 5 rings (SSSR count). The Morgan fingerprint density at radius 1 is 1.07 bits per heavy atom. The predicted octanol–water partition coefficient (Wildman–Crippen LogP) is 3.11. The zero-order chi connectivity index (χ0) is 27.9. The maximum atomic E-state index is 12.9. The van der Waals surface area contributed by atoms with Crippen LogP contribution in [0, 0.1) is 0 Å². The molecule has 10 nitrogen and oxygen atoms in total. The molecule has 0 aliphatic carbocycles. The van der Waals surface area contributed by atoms with Gasteiger partial charge in [0.15, 0.2) is 0 Å². The predicted molar refractivity (Wildman–Crippen MR) is 156 cm³/mol. The second-order valence-corrected chi connectivity index (χ2v) is 10.1. The van der Waals surface area contributed by atoms with Gasteiger partial charge >= 0.3 is 0 Å². The molecule has 1 atom stereocenters. The summed E-state index contributed by atoms with van der Waals surface area (Å²) in [6.45, 7) is 10.2. The number of carbonyl (C=O) groups is 2. The molecule has 0 spiro atoms. The van der Waals surface area contributed by atoms with Crippen molar-refractivity contribution in [3.05, 3.63) is 72.8 Å². The van der Waals surface area contributed by atoms with Crippen molar-refractivity contribution in [1.29, 1.82) is 0 Å². The summed E-state index contributed by atoms with van der Waals surface area (Å²) in [6, 6.07) is 16.9. The van der Waals surface area contributed by atoms with Gasteiger partial charge in [0, 0.05) is 57.9 Å². The summed E-state index contributed by atoms with van der Waals surface area (Å²) >= 11 is 0. The van der Waals surface area contributed by atoms with Gasteiger partial charge in [-0.05, 0) is 55.3 Å². The van der Waals surface area contributed by atoms with Gasteiger partial charge in [0.05, 0.1) is 6.04 Å². The molecular formula is C30H37N7O3. The summed E-state index contributed by atoms with van der Waals surface area (Å²) in [5.41, 5.74) is 7.60. The van der Waals surface area contributed by atoms with Crippen LogP contribution < -0.4 is 21.1 Å². The minimum Gasteiger partial charge on any atom is -0.457 e. The number of nitrogens with zero attached hydrogens (tertiary/aromatic N) is 4. The minimum atomic E-state index is -0.551. The molecule has 0 saturated carbocycles. The monoisotopic (exact) mass is 543 g/mol. The Morgan fingerprint density at radius 3 is 2.50 bits per heavy atom. The van der Waals surface area contributed by atoms with Crippen LogP contribution in [0.15, 0.2) is 67.3 Å². The van der Waals surface area contributed by atoms with Crippen LogP contribution in [0.25, 0.3) is 11.3 Å². The van der Waals surface area contributed by atoms with Crippen LogP contribution in [0.4, 0.5) is 5.82 Å². The fraction of sp³-hybridized carbons (Fsp3) is 0.367. The third-order valence-electron chi connectivity index (χ3n) is 7.42. The number of nitrogens with two attached hydrogens (primary N) is 1. The van der Waals surface area contributed by atoms with Crippen molar-refractivity contribution in [2.75, 3.05) is 57.7 Å². The number of ether oxygens (including phenoxy) is 1. The lowest BCUT2D eigenvalue weighted by atomic mass is 10.0. The second kappa shape index (κ2) is 12.8. The first kappa shape index (κ1) is 27.4. The van der Waals surface area contributed by atoms with E-state index in [4.69, 9.17) is 15.6 Å². The van der Waals surface area contributed by atoms with Gasteiger partial charge < -0.3 is 26.0 Å². The molecule has 4 N–H and O–H groups in total. The Balaban J connectivity index is 1.45. The molecule has 3 aromatic rings. The van der Waals surface area contributed by atoms with Gasteiger partial charge in [-0.25, -0.2) is 4.68 Å². The number of rotatable bonds is 10. The van der Waals surface area contributed by atoms with Crippen molar-refractivity contribution in [2.45, 2.75) is 18.9 Å². The molecule has 3 heterocycles. The van der Waals surface area contributed by atoms with Crippen LogP contribution in [-0.2, 0) is 4.79 Å². The Hall–Kier alpha value is -4.15. The van der Waals surface area contributed by atoms with Crippen molar-refractivity contribution in [1.82, 2.24) is 24.9 Å². The summed E-state index contributed by atoms with van der Waals surface area (Å²) < 4.78 is 7.81. The van der Waals surface area contributed by atoms with Gasteiger partial charge in [-0.15, -0.1) is 0 Å². The molecule has 40 heavy (non-hydrogen) atoms. The van der Waals surface area contributed by atoms with Crippen LogP contribution >= 0.6 is 0 Å².